The van der Waals surface area contributed by atoms with Crippen molar-refractivity contribution in [2.75, 3.05) is 7.11 Å². The summed E-state index contributed by atoms with van der Waals surface area (Å²) in [7, 11) is 1.48. The van der Waals surface area contributed by atoms with Crippen molar-refractivity contribution in [1.82, 2.24) is 5.32 Å². The van der Waals surface area contributed by atoms with Crippen molar-refractivity contribution in [3.63, 3.8) is 0 Å². The molecule has 0 aliphatic rings. The van der Waals surface area contributed by atoms with E-state index in [0.29, 0.717) is 17.7 Å². The lowest BCUT2D eigenvalue weighted by Gasteiger charge is -2.25. The van der Waals surface area contributed by atoms with Gasteiger partial charge < -0.3 is 10.1 Å². The fraction of sp³-hybridized carbons (Fsp3) is 0.600. The summed E-state index contributed by atoms with van der Waals surface area (Å²) in [5.74, 6) is 0.559. The molecule has 18 heavy (non-hydrogen) atoms. The number of methoxy groups -OCH3 is 1. The van der Waals surface area contributed by atoms with Gasteiger partial charge in [-0.05, 0) is 37.0 Å². The zero-order valence-corrected chi connectivity index (χ0v) is 12.0. The van der Waals surface area contributed by atoms with Crippen LogP contribution in [0.1, 0.15) is 45.7 Å². The van der Waals surface area contributed by atoms with Crippen LogP contribution in [0.2, 0.25) is 0 Å². The third-order valence-electron chi connectivity index (χ3n) is 3.38. The van der Waals surface area contributed by atoms with Crippen LogP contribution in [0.4, 0.5) is 4.39 Å². The van der Waals surface area contributed by atoms with E-state index in [-0.39, 0.29) is 11.9 Å². The third kappa shape index (κ3) is 3.70. The van der Waals surface area contributed by atoms with Gasteiger partial charge in [0.25, 0.3) is 0 Å². The molecule has 0 radical (unpaired) electrons. The average molecular weight is 253 g/mol. The summed E-state index contributed by atoms with van der Waals surface area (Å²) in [6.45, 7) is 8.62. The summed E-state index contributed by atoms with van der Waals surface area (Å²) in [4.78, 5) is 0. The molecule has 0 saturated carbocycles. The Labute approximate surface area is 110 Å². The van der Waals surface area contributed by atoms with Gasteiger partial charge in [0.1, 0.15) is 0 Å². The second-order valence-electron chi connectivity index (χ2n) is 5.04. The van der Waals surface area contributed by atoms with Crippen LogP contribution in [0.15, 0.2) is 18.2 Å². The first kappa shape index (κ1) is 15.0. The number of nitrogens with one attached hydrogen (secondary N) is 1. The van der Waals surface area contributed by atoms with Crippen LogP contribution >= 0.6 is 0 Å². The zero-order valence-electron chi connectivity index (χ0n) is 12.0. The maximum atomic E-state index is 13.6. The van der Waals surface area contributed by atoms with Crippen molar-refractivity contribution in [1.29, 1.82) is 0 Å². The molecule has 0 spiro atoms. The topological polar surface area (TPSA) is 21.3 Å². The molecule has 0 heterocycles. The first-order chi connectivity index (χ1) is 8.49. The summed E-state index contributed by atoms with van der Waals surface area (Å²) in [6.07, 6.45) is 1.07. The Balaban J connectivity index is 2.77. The van der Waals surface area contributed by atoms with Crippen molar-refractivity contribution in [3.8, 4) is 5.75 Å². The molecule has 1 rings (SSSR count). The minimum atomic E-state index is -0.304. The largest absolute Gasteiger partial charge is 0.494 e. The minimum absolute atomic E-state index is 0.137. The second kappa shape index (κ2) is 6.74. The number of halogens is 1. The van der Waals surface area contributed by atoms with Gasteiger partial charge in [-0.3, -0.25) is 0 Å². The number of hydrogen-bond donors (Lipinski definition) is 1. The van der Waals surface area contributed by atoms with E-state index < -0.39 is 0 Å². The molecule has 0 saturated heterocycles. The lowest BCUT2D eigenvalue weighted by molar-refractivity contribution is 0.354. The van der Waals surface area contributed by atoms with Gasteiger partial charge >= 0.3 is 0 Å². The highest BCUT2D eigenvalue weighted by atomic mass is 19.1. The summed E-state index contributed by atoms with van der Waals surface area (Å²) in [6, 6.07) is 5.72. The van der Waals surface area contributed by atoms with Crippen molar-refractivity contribution in [3.05, 3.63) is 29.6 Å². The average Bonchev–Trinajstić information content (AvgIpc) is 2.35. The van der Waals surface area contributed by atoms with Crippen LogP contribution in [0, 0.1) is 11.7 Å². The van der Waals surface area contributed by atoms with Crippen LogP contribution in [-0.2, 0) is 0 Å². The smallest absolute Gasteiger partial charge is 0.165 e. The maximum Gasteiger partial charge on any atom is 0.165 e. The van der Waals surface area contributed by atoms with E-state index in [1.807, 2.05) is 6.07 Å². The van der Waals surface area contributed by atoms with E-state index >= 15 is 0 Å². The zero-order chi connectivity index (χ0) is 13.7. The predicted octanol–water partition coefficient (Wildman–Crippen LogP) is 3.92. The quantitative estimate of drug-likeness (QED) is 0.829. The monoisotopic (exact) mass is 253 g/mol. The Morgan fingerprint density at radius 1 is 1.28 bits per heavy atom. The lowest BCUT2D eigenvalue weighted by Crippen LogP contribution is -2.35. The molecule has 2 unspecified atom stereocenters. The number of benzene rings is 1. The molecule has 0 aromatic heterocycles. The molecule has 1 N–H and O–H groups in total. The Hall–Kier alpha value is -1.09. The van der Waals surface area contributed by atoms with Gasteiger partial charge in [-0.15, -0.1) is 0 Å². The molecule has 1 aromatic rings. The first-order valence-electron chi connectivity index (χ1n) is 6.59. The molecular weight excluding hydrogens is 229 g/mol. The molecule has 0 fully saturated rings. The van der Waals surface area contributed by atoms with E-state index in [1.165, 1.54) is 7.11 Å². The summed E-state index contributed by atoms with van der Waals surface area (Å²) >= 11 is 0. The number of rotatable bonds is 6. The fourth-order valence-electron chi connectivity index (χ4n) is 2.15. The van der Waals surface area contributed by atoms with Crippen LogP contribution in [-0.4, -0.2) is 13.2 Å². The predicted molar refractivity (Wildman–Crippen MR) is 73.4 cm³/mol. The van der Waals surface area contributed by atoms with Gasteiger partial charge in [-0.25, -0.2) is 4.39 Å². The molecule has 0 aliphatic carbocycles. The summed E-state index contributed by atoms with van der Waals surface area (Å²) in [5, 5.41) is 3.54. The number of ether oxygens (including phenoxy) is 1. The van der Waals surface area contributed by atoms with E-state index in [9.17, 15) is 4.39 Å². The standard InChI is InChI=1S/C15H24FNO/c1-6-14(10(2)3)17-11(4)12-7-8-15(18-5)13(16)9-12/h7-11,14,17H,6H2,1-5H3. The van der Waals surface area contributed by atoms with E-state index in [1.54, 1.807) is 12.1 Å². The van der Waals surface area contributed by atoms with Crippen LogP contribution in [0.25, 0.3) is 0 Å². The first-order valence-corrected chi connectivity index (χ1v) is 6.59. The molecule has 2 atom stereocenters. The molecule has 1 aromatic carbocycles. The van der Waals surface area contributed by atoms with Gasteiger partial charge in [0.05, 0.1) is 7.11 Å². The van der Waals surface area contributed by atoms with Crippen molar-refractivity contribution < 1.29 is 9.13 Å². The molecule has 3 heteroatoms. The molecule has 0 aliphatic heterocycles. The van der Waals surface area contributed by atoms with Gasteiger partial charge in [0.2, 0.25) is 0 Å². The molecule has 2 nitrogen and oxygen atoms in total. The van der Waals surface area contributed by atoms with Crippen molar-refractivity contribution in [2.45, 2.75) is 46.2 Å². The highest BCUT2D eigenvalue weighted by Crippen LogP contribution is 2.22. The molecule has 102 valence electrons. The van der Waals surface area contributed by atoms with E-state index in [0.717, 1.165) is 12.0 Å². The van der Waals surface area contributed by atoms with Crippen molar-refractivity contribution in [2.24, 2.45) is 5.92 Å². The van der Waals surface area contributed by atoms with E-state index in [2.05, 4.69) is 33.0 Å². The summed E-state index contributed by atoms with van der Waals surface area (Å²) < 4.78 is 18.6. The Morgan fingerprint density at radius 2 is 1.94 bits per heavy atom. The SMILES string of the molecule is CCC(NC(C)c1ccc(OC)c(F)c1)C(C)C. The third-order valence-corrected chi connectivity index (χ3v) is 3.38. The highest BCUT2D eigenvalue weighted by Gasteiger charge is 2.16. The molecular formula is C15H24FNO. The lowest BCUT2D eigenvalue weighted by atomic mass is 9.99. The Kier molecular flexibility index (Phi) is 5.60. The number of hydrogen-bond acceptors (Lipinski definition) is 2. The van der Waals surface area contributed by atoms with Crippen LogP contribution < -0.4 is 10.1 Å². The van der Waals surface area contributed by atoms with Gasteiger partial charge in [-0.2, -0.15) is 0 Å². The van der Waals surface area contributed by atoms with Crippen LogP contribution in [0.5, 0.6) is 5.75 Å². The molecule has 0 bridgehead atoms. The Morgan fingerprint density at radius 3 is 2.39 bits per heavy atom. The van der Waals surface area contributed by atoms with E-state index in [4.69, 9.17) is 4.74 Å². The van der Waals surface area contributed by atoms with Gasteiger partial charge in [0, 0.05) is 12.1 Å². The highest BCUT2D eigenvalue weighted by molar-refractivity contribution is 5.30. The summed E-state index contributed by atoms with van der Waals surface area (Å²) in [5.41, 5.74) is 0.951. The fourth-order valence-corrected chi connectivity index (χ4v) is 2.15. The van der Waals surface area contributed by atoms with Crippen molar-refractivity contribution >= 4 is 0 Å². The molecule has 0 amide bonds. The maximum absolute atomic E-state index is 13.6. The minimum Gasteiger partial charge on any atom is -0.494 e. The van der Waals surface area contributed by atoms with Gasteiger partial charge in [-0.1, -0.05) is 26.8 Å². The van der Waals surface area contributed by atoms with Gasteiger partial charge in [0.15, 0.2) is 11.6 Å². The Bertz CT molecular complexity index is 379. The van der Waals surface area contributed by atoms with Crippen LogP contribution in [0.3, 0.4) is 0 Å². The second-order valence-corrected chi connectivity index (χ2v) is 5.04. The normalized spacial score (nSPS) is 14.6.